The molecule has 9 heteroatoms. The molecule has 0 amide bonds. The number of ketones is 1. The Labute approximate surface area is 254 Å². The number of nitrogens with zero attached hydrogens (tertiary/aromatic N) is 3. The lowest BCUT2D eigenvalue weighted by atomic mass is 9.45. The van der Waals surface area contributed by atoms with E-state index in [0.29, 0.717) is 23.9 Å². The van der Waals surface area contributed by atoms with Crippen LogP contribution in [0.3, 0.4) is 0 Å². The number of benzene rings is 2. The summed E-state index contributed by atoms with van der Waals surface area (Å²) in [5.41, 5.74) is 2.78. The quantitative estimate of drug-likeness (QED) is 0.304. The Bertz CT molecular complexity index is 1780. The van der Waals surface area contributed by atoms with Gasteiger partial charge in [0.1, 0.15) is 16.9 Å². The lowest BCUT2D eigenvalue weighted by molar-refractivity contribution is -0.180. The number of aromatic nitrogens is 3. The molecular formula is C35H36FN3O5. The van der Waals surface area contributed by atoms with Crippen molar-refractivity contribution < 1.29 is 28.6 Å². The standard InChI is InChI=1S/C35H36FN3O5/c1-33-16-20-18-37-39(23-10-8-22(36)9-11-23)27(20)15-21(33)7-12-24-25-13-14-35(42,34(25,2)17-28(40)31(24)33)30(41)19-43-32-38-26-5-3-4-6-29(26)44-32/h3-6,8-11,15,18,24-25,28,31,40,42H,7,12-14,16-17,19H2,1-2H3. The van der Waals surface area contributed by atoms with Gasteiger partial charge in [0.25, 0.3) is 0 Å². The summed E-state index contributed by atoms with van der Waals surface area (Å²) >= 11 is 0. The van der Waals surface area contributed by atoms with Gasteiger partial charge in [0, 0.05) is 5.41 Å². The third kappa shape index (κ3) is 3.84. The van der Waals surface area contributed by atoms with E-state index in [9.17, 15) is 19.4 Å². The molecule has 0 bridgehead atoms. The molecule has 2 N–H and O–H groups in total. The molecule has 0 radical (unpaired) electrons. The summed E-state index contributed by atoms with van der Waals surface area (Å²) in [7, 11) is 0. The summed E-state index contributed by atoms with van der Waals surface area (Å²) in [6, 6.07) is 13.6. The van der Waals surface area contributed by atoms with E-state index in [1.165, 1.54) is 17.7 Å². The second kappa shape index (κ2) is 9.59. The Balaban J connectivity index is 1.05. The number of halogens is 1. The number of para-hydroxylation sites is 2. The number of hydrogen-bond donors (Lipinski definition) is 2. The van der Waals surface area contributed by atoms with Gasteiger partial charge < -0.3 is 19.4 Å². The Morgan fingerprint density at radius 2 is 1.95 bits per heavy atom. The van der Waals surface area contributed by atoms with Crippen molar-refractivity contribution in [2.75, 3.05) is 6.61 Å². The predicted octanol–water partition coefficient (Wildman–Crippen LogP) is 5.68. The first-order valence-electron chi connectivity index (χ1n) is 15.6. The number of carbonyl (C=O) groups is 1. The fourth-order valence-electron chi connectivity index (χ4n) is 9.60. The third-order valence-corrected chi connectivity index (χ3v) is 11.7. The van der Waals surface area contributed by atoms with Crippen molar-refractivity contribution in [1.29, 1.82) is 0 Å². The van der Waals surface area contributed by atoms with Crippen LogP contribution >= 0.6 is 0 Å². The molecule has 7 unspecified atom stereocenters. The van der Waals surface area contributed by atoms with Crippen LogP contribution in [0.1, 0.15) is 57.2 Å². The van der Waals surface area contributed by atoms with Gasteiger partial charge in [-0.15, -0.1) is 0 Å². The summed E-state index contributed by atoms with van der Waals surface area (Å²) in [6.07, 6.45) is 7.35. The van der Waals surface area contributed by atoms with E-state index >= 15 is 0 Å². The number of carbonyl (C=O) groups excluding carboxylic acids is 1. The van der Waals surface area contributed by atoms with Gasteiger partial charge in [-0.1, -0.05) is 31.6 Å². The van der Waals surface area contributed by atoms with E-state index in [2.05, 4.69) is 23.1 Å². The van der Waals surface area contributed by atoms with E-state index in [1.54, 1.807) is 24.3 Å². The molecule has 7 atom stereocenters. The van der Waals surface area contributed by atoms with Crippen LogP contribution in [0, 0.1) is 34.4 Å². The Morgan fingerprint density at radius 3 is 2.75 bits per heavy atom. The van der Waals surface area contributed by atoms with Crippen LogP contribution in [0.15, 0.2) is 64.7 Å². The van der Waals surface area contributed by atoms with Crippen molar-refractivity contribution in [3.05, 3.63) is 77.4 Å². The van der Waals surface area contributed by atoms with Crippen LogP contribution < -0.4 is 4.74 Å². The molecule has 3 fully saturated rings. The van der Waals surface area contributed by atoms with Gasteiger partial charge in [0.05, 0.1) is 23.7 Å². The normalized spacial score (nSPS) is 34.1. The number of hydrogen-bond acceptors (Lipinski definition) is 7. The number of Topliss-reactive ketones (excluding diaryl/α,β-unsaturated/α-hetero) is 1. The smallest absolute Gasteiger partial charge is 0.395 e. The van der Waals surface area contributed by atoms with Crippen LogP contribution in [0.2, 0.25) is 0 Å². The summed E-state index contributed by atoms with van der Waals surface area (Å²) < 4.78 is 26.7. The molecule has 4 aliphatic rings. The summed E-state index contributed by atoms with van der Waals surface area (Å²) in [6.45, 7) is 3.91. The first-order chi connectivity index (χ1) is 21.1. The number of aliphatic hydroxyl groups is 2. The molecule has 4 aromatic rings. The van der Waals surface area contributed by atoms with Crippen molar-refractivity contribution >= 4 is 23.0 Å². The zero-order chi connectivity index (χ0) is 30.4. The number of fused-ring (bicyclic) bond motifs is 7. The Hall–Kier alpha value is -3.82. The summed E-state index contributed by atoms with van der Waals surface area (Å²) in [5, 5.41) is 28.6. The highest BCUT2D eigenvalue weighted by atomic mass is 19.1. The van der Waals surface area contributed by atoms with E-state index in [-0.39, 0.29) is 41.7 Å². The first-order valence-corrected chi connectivity index (χ1v) is 15.6. The minimum Gasteiger partial charge on any atom is -0.442 e. The van der Waals surface area contributed by atoms with Crippen molar-refractivity contribution in [2.24, 2.45) is 28.6 Å². The van der Waals surface area contributed by atoms with Gasteiger partial charge in [0.15, 0.2) is 12.2 Å². The molecule has 8 rings (SSSR count). The van der Waals surface area contributed by atoms with E-state index in [0.717, 1.165) is 42.6 Å². The molecule has 0 aliphatic heterocycles. The van der Waals surface area contributed by atoms with Gasteiger partial charge in [-0.2, -0.15) is 10.1 Å². The maximum atomic E-state index is 13.7. The summed E-state index contributed by atoms with van der Waals surface area (Å²) in [4.78, 5) is 18.0. The monoisotopic (exact) mass is 597 g/mol. The molecule has 2 heterocycles. The van der Waals surface area contributed by atoms with Crippen LogP contribution in [-0.4, -0.2) is 49.1 Å². The fraction of sp³-hybridized carbons (Fsp3) is 0.457. The maximum absolute atomic E-state index is 13.7. The molecule has 44 heavy (non-hydrogen) atoms. The number of oxazole rings is 1. The highest BCUT2D eigenvalue weighted by Crippen LogP contribution is 2.67. The van der Waals surface area contributed by atoms with Crippen LogP contribution in [-0.2, 0) is 11.2 Å². The van der Waals surface area contributed by atoms with Gasteiger partial charge in [-0.3, -0.25) is 4.79 Å². The number of aliphatic hydroxyl groups excluding tert-OH is 1. The molecular weight excluding hydrogens is 561 g/mol. The molecule has 228 valence electrons. The van der Waals surface area contributed by atoms with E-state index < -0.39 is 22.9 Å². The molecule has 4 aliphatic carbocycles. The molecule has 2 aromatic heterocycles. The minimum absolute atomic E-state index is 0.00338. The van der Waals surface area contributed by atoms with Crippen LogP contribution in [0.4, 0.5) is 4.39 Å². The molecule has 3 saturated carbocycles. The zero-order valence-electron chi connectivity index (χ0n) is 24.9. The van der Waals surface area contributed by atoms with Crippen LogP contribution in [0.25, 0.3) is 22.9 Å². The Kier molecular flexibility index (Phi) is 6.04. The summed E-state index contributed by atoms with van der Waals surface area (Å²) in [5.74, 6) is -0.423. The second-order valence-electron chi connectivity index (χ2n) is 13.8. The average molecular weight is 598 g/mol. The molecule has 8 nitrogen and oxygen atoms in total. The molecule has 0 spiro atoms. The number of rotatable bonds is 5. The van der Waals surface area contributed by atoms with E-state index in [4.69, 9.17) is 9.15 Å². The highest BCUT2D eigenvalue weighted by molar-refractivity contribution is 5.90. The van der Waals surface area contributed by atoms with Crippen molar-refractivity contribution in [3.63, 3.8) is 0 Å². The lowest BCUT2D eigenvalue weighted by Gasteiger charge is -2.60. The number of allylic oxidation sites excluding steroid dienone is 1. The topological polar surface area (TPSA) is 111 Å². The predicted molar refractivity (Wildman–Crippen MR) is 160 cm³/mol. The van der Waals surface area contributed by atoms with E-state index in [1.807, 2.05) is 29.9 Å². The third-order valence-electron chi connectivity index (χ3n) is 11.7. The van der Waals surface area contributed by atoms with Crippen molar-refractivity contribution in [2.45, 2.75) is 64.1 Å². The fourth-order valence-corrected chi connectivity index (χ4v) is 9.60. The minimum atomic E-state index is -1.61. The largest absolute Gasteiger partial charge is 0.442 e. The maximum Gasteiger partial charge on any atom is 0.395 e. The molecule has 0 saturated heterocycles. The van der Waals surface area contributed by atoms with Gasteiger partial charge in [-0.05, 0) is 110 Å². The SMILES string of the molecule is CC12Cc3cnn(-c4ccc(F)cc4)c3C=C1CCC1C2C(O)CC2(C)C1CCC2(O)C(=O)COc1nc2ccccc2o1. The van der Waals surface area contributed by atoms with Crippen molar-refractivity contribution in [3.8, 4) is 11.8 Å². The molecule has 2 aromatic carbocycles. The zero-order valence-corrected chi connectivity index (χ0v) is 24.9. The second-order valence-corrected chi connectivity index (χ2v) is 13.8. The lowest BCUT2D eigenvalue weighted by Crippen LogP contribution is -2.62. The van der Waals surface area contributed by atoms with Crippen molar-refractivity contribution in [1.82, 2.24) is 14.8 Å². The Morgan fingerprint density at radius 1 is 1.16 bits per heavy atom. The van der Waals surface area contributed by atoms with Gasteiger partial charge in [0.2, 0.25) is 5.78 Å². The number of ether oxygens (including phenoxy) is 1. The average Bonchev–Trinajstić information content (AvgIpc) is 3.68. The highest BCUT2D eigenvalue weighted by Gasteiger charge is 2.68. The van der Waals surface area contributed by atoms with Gasteiger partial charge in [-0.25, -0.2) is 9.07 Å². The van der Waals surface area contributed by atoms with Crippen LogP contribution in [0.5, 0.6) is 6.08 Å². The van der Waals surface area contributed by atoms with Gasteiger partial charge >= 0.3 is 6.08 Å². The first kappa shape index (κ1) is 27.7.